The summed E-state index contributed by atoms with van der Waals surface area (Å²) in [6.07, 6.45) is 8.41. The van der Waals surface area contributed by atoms with Crippen molar-refractivity contribution in [3.8, 4) is 0 Å². The van der Waals surface area contributed by atoms with Crippen LogP contribution in [-0.4, -0.2) is 43.2 Å². The normalized spacial score (nSPS) is 34.7. The van der Waals surface area contributed by atoms with E-state index in [4.69, 9.17) is 17.3 Å². The molecule has 5 aliphatic rings. The Bertz CT molecular complexity index is 1040. The molecule has 1 heterocycles. The fraction of sp³-hybridized carbons (Fsp3) is 0.636. The number of carbonyl (C=O) groups excluding carboxylic acids is 2. The van der Waals surface area contributed by atoms with E-state index in [2.05, 4.69) is 5.32 Å². The molecule has 9 heteroatoms. The van der Waals surface area contributed by atoms with E-state index in [1.807, 2.05) is 0 Å². The van der Waals surface area contributed by atoms with Gasteiger partial charge in [-0.1, -0.05) is 18.0 Å². The van der Waals surface area contributed by atoms with Crippen LogP contribution in [-0.2, 0) is 14.8 Å². The molecule has 1 spiro atoms. The quantitative estimate of drug-likeness (QED) is 0.696. The first-order chi connectivity index (χ1) is 14.7. The van der Waals surface area contributed by atoms with Crippen LogP contribution in [0.3, 0.4) is 0 Å². The molecule has 0 aromatic heterocycles. The highest BCUT2D eigenvalue weighted by atomic mass is 35.5. The van der Waals surface area contributed by atoms with Crippen molar-refractivity contribution in [2.24, 2.45) is 23.0 Å². The van der Waals surface area contributed by atoms with Crippen LogP contribution < -0.4 is 11.1 Å². The Morgan fingerprint density at radius 1 is 1.13 bits per heavy atom. The topological polar surface area (TPSA) is 110 Å². The van der Waals surface area contributed by atoms with Gasteiger partial charge in [0, 0.05) is 18.2 Å². The largest absolute Gasteiger partial charge is 0.366 e. The Hall–Kier alpha value is -1.64. The van der Waals surface area contributed by atoms with E-state index in [1.54, 1.807) is 0 Å². The Labute approximate surface area is 187 Å². The van der Waals surface area contributed by atoms with E-state index in [1.165, 1.54) is 54.6 Å². The van der Waals surface area contributed by atoms with Crippen LogP contribution in [0.1, 0.15) is 61.7 Å². The zero-order chi connectivity index (χ0) is 22.0. The van der Waals surface area contributed by atoms with Crippen molar-refractivity contribution < 1.29 is 18.0 Å². The SMILES string of the molecule is NC(=O)c1ccc(S(=O)(=O)N2CCCC2C(=O)NC2C3CCCC4(C3)CC2C4)c(Cl)c1. The maximum absolute atomic E-state index is 13.3. The zero-order valence-corrected chi connectivity index (χ0v) is 18.9. The fourth-order valence-electron chi connectivity index (χ4n) is 6.64. The van der Waals surface area contributed by atoms with E-state index in [0.717, 1.165) is 6.42 Å². The van der Waals surface area contributed by atoms with Crippen molar-refractivity contribution in [1.29, 1.82) is 0 Å². The summed E-state index contributed by atoms with van der Waals surface area (Å²) in [6, 6.07) is 3.34. The molecule has 6 rings (SSSR count). The summed E-state index contributed by atoms with van der Waals surface area (Å²) < 4.78 is 27.9. The number of primary amides is 1. The number of nitrogens with zero attached hydrogens (tertiary/aromatic N) is 1. The molecule has 3 atom stereocenters. The number of halogens is 1. The average Bonchev–Trinajstić information content (AvgIpc) is 3.20. The molecule has 1 aliphatic heterocycles. The lowest BCUT2D eigenvalue weighted by molar-refractivity contribution is -0.134. The molecule has 4 aliphatic carbocycles. The summed E-state index contributed by atoms with van der Waals surface area (Å²) >= 11 is 6.19. The molecule has 7 nitrogen and oxygen atoms in total. The zero-order valence-electron chi connectivity index (χ0n) is 17.3. The molecular formula is C22H28ClN3O4S. The minimum Gasteiger partial charge on any atom is -0.366 e. The van der Waals surface area contributed by atoms with Crippen LogP contribution in [0.2, 0.25) is 5.02 Å². The van der Waals surface area contributed by atoms with Gasteiger partial charge in [0.2, 0.25) is 21.8 Å². The number of rotatable bonds is 5. The number of hydrogen-bond donors (Lipinski definition) is 2. The molecule has 168 valence electrons. The van der Waals surface area contributed by atoms with Gasteiger partial charge in [0.25, 0.3) is 0 Å². The molecule has 2 amide bonds. The van der Waals surface area contributed by atoms with Gasteiger partial charge in [0.05, 0.1) is 5.02 Å². The van der Waals surface area contributed by atoms with Crippen molar-refractivity contribution in [3.05, 3.63) is 28.8 Å². The molecule has 1 aromatic carbocycles. The van der Waals surface area contributed by atoms with E-state index in [-0.39, 0.29) is 34.0 Å². The first-order valence-electron chi connectivity index (χ1n) is 11.1. The molecule has 0 radical (unpaired) electrons. The molecule has 1 saturated heterocycles. The minimum absolute atomic E-state index is 0.0670. The van der Waals surface area contributed by atoms with Crippen LogP contribution >= 0.6 is 11.6 Å². The summed E-state index contributed by atoms with van der Waals surface area (Å²) in [5.41, 5.74) is 5.93. The van der Waals surface area contributed by atoms with E-state index < -0.39 is 22.0 Å². The first-order valence-corrected chi connectivity index (χ1v) is 12.9. The number of amides is 2. The molecule has 5 fully saturated rings. The lowest BCUT2D eigenvalue weighted by Gasteiger charge is -2.62. The van der Waals surface area contributed by atoms with Crippen LogP contribution in [0.4, 0.5) is 0 Å². The molecule has 3 unspecified atom stereocenters. The third kappa shape index (κ3) is 3.47. The Morgan fingerprint density at radius 2 is 1.87 bits per heavy atom. The van der Waals surface area contributed by atoms with Crippen LogP contribution in [0.15, 0.2) is 23.1 Å². The molecule has 1 aromatic rings. The number of carbonyl (C=O) groups is 2. The van der Waals surface area contributed by atoms with E-state index >= 15 is 0 Å². The number of sulfonamides is 1. The van der Waals surface area contributed by atoms with Crippen molar-refractivity contribution in [2.75, 3.05) is 6.54 Å². The van der Waals surface area contributed by atoms with E-state index in [0.29, 0.717) is 30.1 Å². The second-order valence-corrected chi connectivity index (χ2v) is 12.1. The minimum atomic E-state index is -3.98. The predicted molar refractivity (Wildman–Crippen MR) is 116 cm³/mol. The van der Waals surface area contributed by atoms with Gasteiger partial charge in [0.15, 0.2) is 0 Å². The molecule has 3 N–H and O–H groups in total. The number of hydrogen-bond acceptors (Lipinski definition) is 4. The molecular weight excluding hydrogens is 438 g/mol. The van der Waals surface area contributed by atoms with Crippen LogP contribution in [0, 0.1) is 17.3 Å². The molecule has 31 heavy (non-hydrogen) atoms. The Morgan fingerprint density at radius 3 is 2.58 bits per heavy atom. The van der Waals surface area contributed by atoms with Gasteiger partial charge >= 0.3 is 0 Å². The standard InChI is InChI=1S/C22H28ClN3O4S/c23-16-9-13(20(24)27)5-6-18(16)31(29,30)26-8-2-4-17(26)21(28)25-19-14-3-1-7-22(10-14)11-15(19)12-22/h5-6,9,14-15,17,19H,1-4,7-8,10-12H2,(H2,24,27)(H,25,28). The van der Waals surface area contributed by atoms with Crippen molar-refractivity contribution >= 4 is 33.4 Å². The Kier molecular flexibility index (Phi) is 5.10. The summed E-state index contributed by atoms with van der Waals surface area (Å²) in [5, 5.41) is 3.19. The van der Waals surface area contributed by atoms with Gasteiger partial charge in [-0.2, -0.15) is 4.31 Å². The Balaban J connectivity index is 1.34. The second kappa shape index (κ2) is 7.46. The maximum Gasteiger partial charge on any atom is 0.248 e. The lowest BCUT2D eigenvalue weighted by atomic mass is 9.45. The lowest BCUT2D eigenvalue weighted by Crippen LogP contribution is -2.62. The number of nitrogens with two attached hydrogens (primary N) is 1. The summed E-state index contributed by atoms with van der Waals surface area (Å²) in [7, 11) is -3.98. The highest BCUT2D eigenvalue weighted by Gasteiger charge is 2.57. The third-order valence-corrected chi connectivity index (χ3v) is 10.4. The summed E-state index contributed by atoms with van der Waals surface area (Å²) in [4.78, 5) is 24.5. The first kappa shape index (κ1) is 21.2. The van der Waals surface area contributed by atoms with Gasteiger partial charge < -0.3 is 11.1 Å². The fourth-order valence-corrected chi connectivity index (χ4v) is 8.82. The van der Waals surface area contributed by atoms with Crippen LogP contribution in [0.5, 0.6) is 0 Å². The van der Waals surface area contributed by atoms with Gasteiger partial charge in [0.1, 0.15) is 10.9 Å². The highest BCUT2D eigenvalue weighted by Crippen LogP contribution is 2.63. The van der Waals surface area contributed by atoms with Crippen molar-refractivity contribution in [1.82, 2.24) is 9.62 Å². The van der Waals surface area contributed by atoms with E-state index in [9.17, 15) is 18.0 Å². The van der Waals surface area contributed by atoms with Crippen molar-refractivity contribution in [2.45, 2.75) is 68.3 Å². The second-order valence-electron chi connectivity index (χ2n) is 9.84. The summed E-state index contributed by atoms with van der Waals surface area (Å²) in [5.74, 6) is 0.179. The van der Waals surface area contributed by atoms with Crippen LogP contribution in [0.25, 0.3) is 0 Å². The average molecular weight is 466 g/mol. The molecule has 3 bridgehead atoms. The van der Waals surface area contributed by atoms with Crippen molar-refractivity contribution in [3.63, 3.8) is 0 Å². The third-order valence-electron chi connectivity index (χ3n) is 8.00. The van der Waals surface area contributed by atoms with Gasteiger partial charge in [-0.25, -0.2) is 8.42 Å². The molecule has 4 saturated carbocycles. The highest BCUT2D eigenvalue weighted by molar-refractivity contribution is 7.89. The monoisotopic (exact) mass is 465 g/mol. The van der Waals surface area contributed by atoms with Gasteiger partial charge in [-0.3, -0.25) is 9.59 Å². The number of benzene rings is 1. The summed E-state index contributed by atoms with van der Waals surface area (Å²) in [6.45, 7) is 0.273. The predicted octanol–water partition coefficient (Wildman–Crippen LogP) is 2.68. The van der Waals surface area contributed by atoms with Gasteiger partial charge in [-0.05, 0) is 80.4 Å². The number of nitrogens with one attached hydrogen (secondary N) is 1. The van der Waals surface area contributed by atoms with Gasteiger partial charge in [-0.15, -0.1) is 0 Å². The smallest absolute Gasteiger partial charge is 0.248 e. The maximum atomic E-state index is 13.3.